The van der Waals surface area contributed by atoms with E-state index in [1.165, 1.54) is 6.07 Å². The lowest BCUT2D eigenvalue weighted by Crippen LogP contribution is -2.32. The molecule has 0 spiro atoms. The van der Waals surface area contributed by atoms with Gasteiger partial charge < -0.3 is 14.2 Å². The van der Waals surface area contributed by atoms with Gasteiger partial charge in [-0.1, -0.05) is 30.3 Å². The van der Waals surface area contributed by atoms with Crippen LogP contribution in [0.5, 0.6) is 0 Å². The Morgan fingerprint density at radius 2 is 1.66 bits per heavy atom. The number of fused-ring (bicyclic) bond motifs is 1. The van der Waals surface area contributed by atoms with Crippen LogP contribution in [0.1, 0.15) is 35.1 Å². The van der Waals surface area contributed by atoms with Crippen LogP contribution < -0.4 is 0 Å². The Bertz CT molecular complexity index is 1190. The largest absolute Gasteiger partial charge is 0.385 e. The summed E-state index contributed by atoms with van der Waals surface area (Å²) in [7, 11) is 1.69. The smallest absolute Gasteiger partial charge is 0.157 e. The number of hydrogen-bond donors (Lipinski definition) is 0. The van der Waals surface area contributed by atoms with E-state index < -0.39 is 17.2 Å². The number of aryl methyl sites for hydroxylation is 3. The van der Waals surface area contributed by atoms with Crippen LogP contribution in [0.25, 0.3) is 10.8 Å². The minimum atomic E-state index is -0.899. The van der Waals surface area contributed by atoms with Crippen molar-refractivity contribution in [2.45, 2.75) is 38.4 Å². The number of rotatable bonds is 9. The Morgan fingerprint density at radius 3 is 2.34 bits per heavy atom. The van der Waals surface area contributed by atoms with Crippen molar-refractivity contribution < 1.29 is 27.4 Å². The molecule has 0 N–H and O–H groups in total. The van der Waals surface area contributed by atoms with Gasteiger partial charge in [-0.05, 0) is 59.9 Å². The molecule has 35 heavy (non-hydrogen) atoms. The molecule has 3 aromatic rings. The van der Waals surface area contributed by atoms with Gasteiger partial charge in [0, 0.05) is 31.4 Å². The van der Waals surface area contributed by atoms with Crippen LogP contribution in [-0.2, 0) is 33.5 Å². The second-order valence-corrected chi connectivity index (χ2v) is 8.92. The highest BCUT2D eigenvalue weighted by Crippen LogP contribution is 2.26. The lowest BCUT2D eigenvalue weighted by atomic mass is 9.97. The van der Waals surface area contributed by atoms with Crippen molar-refractivity contribution in [2.75, 3.05) is 26.9 Å². The Hall–Kier alpha value is -2.92. The number of methoxy groups -OCH3 is 1. The van der Waals surface area contributed by atoms with Crippen molar-refractivity contribution in [3.8, 4) is 6.07 Å². The standard InChI is InChI=1S/C28H28F3NO3/c1-33-11-10-20-16-34-27(35-17-20)9-4-18-3-8-23-22(12-18)7-6-21(28(23)31)5-2-19-13-25(29)24(15-32)26(30)14-19/h3,6-8,12-14,20,27H,2,4-5,9-11,16-17H2,1H3. The highest BCUT2D eigenvalue weighted by molar-refractivity contribution is 5.84. The molecule has 0 atom stereocenters. The average Bonchev–Trinajstić information content (AvgIpc) is 2.86. The fourth-order valence-electron chi connectivity index (χ4n) is 4.38. The van der Waals surface area contributed by atoms with E-state index in [1.54, 1.807) is 19.2 Å². The van der Waals surface area contributed by atoms with E-state index in [4.69, 9.17) is 19.5 Å². The summed E-state index contributed by atoms with van der Waals surface area (Å²) < 4.78 is 59.6. The molecule has 4 rings (SSSR count). The summed E-state index contributed by atoms with van der Waals surface area (Å²) in [6, 6.07) is 13.0. The van der Waals surface area contributed by atoms with Gasteiger partial charge in [0.2, 0.25) is 0 Å². The Balaban J connectivity index is 1.36. The summed E-state index contributed by atoms with van der Waals surface area (Å²) >= 11 is 0. The minimum Gasteiger partial charge on any atom is -0.385 e. The first-order valence-corrected chi connectivity index (χ1v) is 11.8. The molecular formula is C28H28F3NO3. The summed E-state index contributed by atoms with van der Waals surface area (Å²) in [6.45, 7) is 2.03. The average molecular weight is 484 g/mol. The molecule has 3 aromatic carbocycles. The molecule has 1 saturated heterocycles. The number of hydrogen-bond acceptors (Lipinski definition) is 4. The molecule has 0 radical (unpaired) electrons. The highest BCUT2D eigenvalue weighted by atomic mass is 19.1. The summed E-state index contributed by atoms with van der Waals surface area (Å²) in [5.41, 5.74) is 1.32. The molecule has 0 aromatic heterocycles. The molecule has 4 nitrogen and oxygen atoms in total. The Kier molecular flexibility index (Phi) is 8.40. The SMILES string of the molecule is COCCC1COC(CCc2ccc3c(F)c(CCc4cc(F)c(C#N)c(F)c4)ccc3c2)OC1. The Morgan fingerprint density at radius 1 is 0.914 bits per heavy atom. The van der Waals surface area contributed by atoms with Crippen molar-refractivity contribution >= 4 is 10.8 Å². The van der Waals surface area contributed by atoms with Gasteiger partial charge in [-0.3, -0.25) is 0 Å². The zero-order valence-corrected chi connectivity index (χ0v) is 19.7. The summed E-state index contributed by atoms with van der Waals surface area (Å²) in [4.78, 5) is 0. The number of nitriles is 1. The second-order valence-electron chi connectivity index (χ2n) is 8.92. The zero-order chi connectivity index (χ0) is 24.8. The Labute approximate surface area is 203 Å². The lowest BCUT2D eigenvalue weighted by molar-refractivity contribution is -0.204. The number of nitrogens with zero attached hydrogens (tertiary/aromatic N) is 1. The van der Waals surface area contributed by atoms with E-state index in [1.807, 2.05) is 18.2 Å². The molecule has 0 bridgehead atoms. The van der Waals surface area contributed by atoms with Gasteiger partial charge >= 0.3 is 0 Å². The van der Waals surface area contributed by atoms with Crippen LogP contribution >= 0.6 is 0 Å². The molecule has 184 valence electrons. The van der Waals surface area contributed by atoms with E-state index in [-0.39, 0.29) is 24.9 Å². The molecule has 7 heteroatoms. The van der Waals surface area contributed by atoms with Gasteiger partial charge in [0.15, 0.2) is 6.29 Å². The summed E-state index contributed by atoms with van der Waals surface area (Å²) in [5, 5.41) is 10.1. The second kappa shape index (κ2) is 11.7. The van der Waals surface area contributed by atoms with E-state index in [0.29, 0.717) is 42.3 Å². The summed E-state index contributed by atoms with van der Waals surface area (Å²) in [5.74, 6) is -1.77. The van der Waals surface area contributed by atoms with Crippen molar-refractivity contribution in [3.05, 3.63) is 82.2 Å². The number of benzene rings is 3. The zero-order valence-electron chi connectivity index (χ0n) is 19.7. The molecule has 0 unspecified atom stereocenters. The molecule has 1 fully saturated rings. The quantitative estimate of drug-likeness (QED) is 0.382. The van der Waals surface area contributed by atoms with Gasteiger partial charge in [-0.2, -0.15) is 5.26 Å². The third-order valence-electron chi connectivity index (χ3n) is 6.43. The van der Waals surface area contributed by atoms with Gasteiger partial charge in [0.1, 0.15) is 29.1 Å². The normalized spacial score (nSPS) is 18.0. The maximum Gasteiger partial charge on any atom is 0.157 e. The fraction of sp³-hybridized carbons (Fsp3) is 0.393. The lowest BCUT2D eigenvalue weighted by Gasteiger charge is -2.29. The molecule has 1 aliphatic heterocycles. The van der Waals surface area contributed by atoms with Gasteiger partial charge in [-0.25, -0.2) is 13.2 Å². The first kappa shape index (κ1) is 25.2. The van der Waals surface area contributed by atoms with Gasteiger partial charge in [0.25, 0.3) is 0 Å². The van der Waals surface area contributed by atoms with Crippen LogP contribution in [0, 0.1) is 34.7 Å². The number of ether oxygens (including phenoxy) is 3. The third-order valence-corrected chi connectivity index (χ3v) is 6.43. The summed E-state index contributed by atoms with van der Waals surface area (Å²) in [6.07, 6.45) is 2.70. The molecule has 0 saturated carbocycles. The first-order valence-electron chi connectivity index (χ1n) is 11.8. The van der Waals surface area contributed by atoms with Crippen LogP contribution in [0.4, 0.5) is 13.2 Å². The minimum absolute atomic E-state index is 0.236. The molecule has 0 amide bonds. The highest BCUT2D eigenvalue weighted by Gasteiger charge is 2.22. The topological polar surface area (TPSA) is 51.5 Å². The predicted molar refractivity (Wildman–Crippen MR) is 126 cm³/mol. The maximum absolute atomic E-state index is 15.1. The predicted octanol–water partition coefficient (Wildman–Crippen LogP) is 5.87. The van der Waals surface area contributed by atoms with Crippen LogP contribution in [-0.4, -0.2) is 33.2 Å². The van der Waals surface area contributed by atoms with Crippen LogP contribution in [0.15, 0.2) is 42.5 Å². The number of halogens is 3. The van der Waals surface area contributed by atoms with E-state index >= 15 is 4.39 Å². The molecule has 1 aliphatic rings. The van der Waals surface area contributed by atoms with Crippen LogP contribution in [0.3, 0.4) is 0 Å². The molecule has 0 aliphatic carbocycles. The molecule has 1 heterocycles. The third kappa shape index (κ3) is 6.21. The van der Waals surface area contributed by atoms with Gasteiger partial charge in [-0.15, -0.1) is 0 Å². The fourth-order valence-corrected chi connectivity index (χ4v) is 4.38. The van der Waals surface area contributed by atoms with Crippen molar-refractivity contribution in [1.29, 1.82) is 5.26 Å². The monoisotopic (exact) mass is 483 g/mol. The maximum atomic E-state index is 15.1. The van der Waals surface area contributed by atoms with Crippen molar-refractivity contribution in [3.63, 3.8) is 0 Å². The van der Waals surface area contributed by atoms with Crippen molar-refractivity contribution in [1.82, 2.24) is 0 Å². The first-order chi connectivity index (χ1) is 17.0. The van der Waals surface area contributed by atoms with E-state index in [2.05, 4.69) is 0 Å². The van der Waals surface area contributed by atoms with E-state index in [9.17, 15) is 8.78 Å². The van der Waals surface area contributed by atoms with Crippen LogP contribution in [0.2, 0.25) is 0 Å². The van der Waals surface area contributed by atoms with E-state index in [0.717, 1.165) is 42.3 Å². The molecular weight excluding hydrogens is 455 g/mol. The van der Waals surface area contributed by atoms with Gasteiger partial charge in [0.05, 0.1) is 13.2 Å². The van der Waals surface area contributed by atoms with Crippen molar-refractivity contribution in [2.24, 2.45) is 5.92 Å².